The summed E-state index contributed by atoms with van der Waals surface area (Å²) in [5, 5.41) is 5.58. The molecule has 2 heterocycles. The first-order chi connectivity index (χ1) is 10.2. The van der Waals surface area contributed by atoms with E-state index in [4.69, 9.17) is 0 Å². The highest BCUT2D eigenvalue weighted by molar-refractivity contribution is 5.99. The minimum absolute atomic E-state index is 0.0254. The van der Waals surface area contributed by atoms with E-state index in [0.29, 0.717) is 18.5 Å². The molecule has 0 fully saturated rings. The lowest BCUT2D eigenvalue weighted by Gasteiger charge is -2.35. The molecule has 2 aliphatic rings. The van der Waals surface area contributed by atoms with Crippen LogP contribution in [0.2, 0.25) is 0 Å². The van der Waals surface area contributed by atoms with E-state index in [9.17, 15) is 9.59 Å². The summed E-state index contributed by atoms with van der Waals surface area (Å²) in [6.07, 6.45) is 0.689. The van der Waals surface area contributed by atoms with Crippen LogP contribution < -0.4 is 10.6 Å². The van der Waals surface area contributed by atoms with Crippen LogP contribution in [0.1, 0.15) is 31.9 Å². The molecule has 3 amide bonds. The van der Waals surface area contributed by atoms with Crippen LogP contribution in [0, 0.1) is 0 Å². The molecular formula is C16H21N3O2. The van der Waals surface area contributed by atoms with Gasteiger partial charge in [0, 0.05) is 25.7 Å². The molecule has 1 unspecified atom stereocenters. The third kappa shape index (κ3) is 2.91. The van der Waals surface area contributed by atoms with Crippen molar-refractivity contribution in [1.29, 1.82) is 0 Å². The summed E-state index contributed by atoms with van der Waals surface area (Å²) in [4.78, 5) is 25.7. The summed E-state index contributed by atoms with van der Waals surface area (Å²) in [5.74, 6) is -0.0254. The van der Waals surface area contributed by atoms with E-state index in [1.807, 2.05) is 44.2 Å². The number of nitrogens with zero attached hydrogens (tertiary/aromatic N) is 1. The number of nitrogens with one attached hydrogen (secondary N) is 2. The molecular weight excluding hydrogens is 266 g/mol. The molecule has 5 heteroatoms. The Bertz CT molecular complexity index is 566. The van der Waals surface area contributed by atoms with E-state index < -0.39 is 0 Å². The lowest BCUT2D eigenvalue weighted by Crippen LogP contribution is -2.50. The average molecular weight is 287 g/mol. The van der Waals surface area contributed by atoms with Crippen LogP contribution in [-0.4, -0.2) is 30.4 Å². The van der Waals surface area contributed by atoms with Crippen molar-refractivity contribution in [3.8, 4) is 0 Å². The van der Waals surface area contributed by atoms with Crippen molar-refractivity contribution in [2.24, 2.45) is 0 Å². The molecule has 0 radical (unpaired) electrons. The number of likely N-dealkylation sites (N-methyl/N-ethyl adjacent to an activating group) is 1. The average Bonchev–Trinajstić information content (AvgIpc) is 2.53. The molecule has 0 spiro atoms. The summed E-state index contributed by atoms with van der Waals surface area (Å²) in [5.41, 5.74) is 2.33. The standard InChI is InChI=1S/C14H15N3O2.C2H6/c1-17-8-7-10-11(13(17)18)12(16-14(19)15-10)9-5-3-2-4-6-9;1-2/h2-6,12H,7-8H2,1H3,(H2,15,16,19);1-2H3. The minimum Gasteiger partial charge on any atom is -0.341 e. The molecule has 2 aliphatic heterocycles. The molecule has 0 aromatic heterocycles. The molecule has 0 bridgehead atoms. The van der Waals surface area contributed by atoms with E-state index in [-0.39, 0.29) is 18.0 Å². The summed E-state index contributed by atoms with van der Waals surface area (Å²) in [7, 11) is 1.78. The number of rotatable bonds is 1. The Morgan fingerprint density at radius 1 is 1.14 bits per heavy atom. The maximum atomic E-state index is 12.3. The van der Waals surface area contributed by atoms with Gasteiger partial charge in [0.05, 0.1) is 11.6 Å². The number of hydrogen-bond acceptors (Lipinski definition) is 2. The summed E-state index contributed by atoms with van der Waals surface area (Å²) >= 11 is 0. The maximum Gasteiger partial charge on any atom is 0.319 e. The minimum atomic E-state index is -0.361. The van der Waals surface area contributed by atoms with E-state index in [1.54, 1.807) is 11.9 Å². The second-order valence-electron chi connectivity index (χ2n) is 4.81. The first kappa shape index (κ1) is 15.1. The molecule has 2 N–H and O–H groups in total. The lowest BCUT2D eigenvalue weighted by molar-refractivity contribution is -0.127. The van der Waals surface area contributed by atoms with Gasteiger partial charge in [-0.2, -0.15) is 0 Å². The van der Waals surface area contributed by atoms with Crippen molar-refractivity contribution in [2.75, 3.05) is 13.6 Å². The highest BCUT2D eigenvalue weighted by Gasteiger charge is 2.36. The van der Waals surface area contributed by atoms with Gasteiger partial charge >= 0.3 is 6.03 Å². The number of carbonyl (C=O) groups excluding carboxylic acids is 2. The molecule has 0 aliphatic carbocycles. The second kappa shape index (κ2) is 6.43. The van der Waals surface area contributed by atoms with Gasteiger partial charge in [-0.25, -0.2) is 4.79 Å². The van der Waals surface area contributed by atoms with Crippen LogP contribution in [0.25, 0.3) is 0 Å². The first-order valence-corrected chi connectivity index (χ1v) is 7.28. The smallest absolute Gasteiger partial charge is 0.319 e. The molecule has 1 aromatic rings. The Balaban J connectivity index is 0.000000774. The normalized spacial score (nSPS) is 20.9. The highest BCUT2D eigenvalue weighted by atomic mass is 16.2. The van der Waals surface area contributed by atoms with Gasteiger partial charge in [-0.1, -0.05) is 44.2 Å². The maximum absolute atomic E-state index is 12.3. The molecule has 112 valence electrons. The second-order valence-corrected chi connectivity index (χ2v) is 4.81. The highest BCUT2D eigenvalue weighted by Crippen LogP contribution is 2.31. The van der Waals surface area contributed by atoms with Crippen molar-refractivity contribution in [1.82, 2.24) is 15.5 Å². The Hall–Kier alpha value is -2.30. The molecule has 1 aromatic carbocycles. The van der Waals surface area contributed by atoms with Crippen LogP contribution >= 0.6 is 0 Å². The largest absolute Gasteiger partial charge is 0.341 e. The van der Waals surface area contributed by atoms with E-state index in [1.165, 1.54) is 0 Å². The number of benzene rings is 1. The third-order valence-corrected chi connectivity index (χ3v) is 3.56. The van der Waals surface area contributed by atoms with Crippen molar-refractivity contribution < 1.29 is 9.59 Å². The van der Waals surface area contributed by atoms with Gasteiger partial charge in [0.25, 0.3) is 5.91 Å². The quantitative estimate of drug-likeness (QED) is 0.831. The molecule has 0 saturated heterocycles. The fraction of sp³-hybridized carbons (Fsp3) is 0.375. The van der Waals surface area contributed by atoms with E-state index in [0.717, 1.165) is 11.3 Å². The van der Waals surface area contributed by atoms with Gasteiger partial charge in [-0.05, 0) is 5.56 Å². The summed E-state index contributed by atoms with van der Waals surface area (Å²) in [6, 6.07) is 8.95. The van der Waals surface area contributed by atoms with Crippen molar-refractivity contribution in [3.05, 3.63) is 47.2 Å². The molecule has 3 rings (SSSR count). The topological polar surface area (TPSA) is 61.4 Å². The summed E-state index contributed by atoms with van der Waals surface area (Å²) in [6.45, 7) is 4.64. The number of hydrogen-bond donors (Lipinski definition) is 2. The van der Waals surface area contributed by atoms with Gasteiger partial charge in [-0.3, -0.25) is 4.79 Å². The van der Waals surface area contributed by atoms with Crippen LogP contribution in [0.3, 0.4) is 0 Å². The van der Waals surface area contributed by atoms with Gasteiger partial charge in [0.2, 0.25) is 0 Å². The number of urea groups is 1. The SMILES string of the molecule is CC.CN1CCC2=C(C1=O)C(c1ccccc1)NC(=O)N2. The molecule has 0 saturated carbocycles. The predicted molar refractivity (Wildman–Crippen MR) is 81.5 cm³/mol. The van der Waals surface area contributed by atoms with E-state index >= 15 is 0 Å². The number of amides is 3. The monoisotopic (exact) mass is 287 g/mol. The number of carbonyl (C=O) groups is 2. The van der Waals surface area contributed by atoms with Crippen LogP contribution in [0.5, 0.6) is 0 Å². The fourth-order valence-corrected chi connectivity index (χ4v) is 2.55. The van der Waals surface area contributed by atoms with E-state index in [2.05, 4.69) is 10.6 Å². The zero-order valence-electron chi connectivity index (χ0n) is 12.6. The van der Waals surface area contributed by atoms with Crippen LogP contribution in [0.15, 0.2) is 41.6 Å². The first-order valence-electron chi connectivity index (χ1n) is 7.28. The van der Waals surface area contributed by atoms with Crippen molar-refractivity contribution in [3.63, 3.8) is 0 Å². The zero-order chi connectivity index (χ0) is 15.4. The Labute approximate surface area is 125 Å². The fourth-order valence-electron chi connectivity index (χ4n) is 2.55. The molecule has 1 atom stereocenters. The van der Waals surface area contributed by atoms with Crippen molar-refractivity contribution in [2.45, 2.75) is 26.3 Å². The summed E-state index contributed by atoms with van der Waals surface area (Å²) < 4.78 is 0. The van der Waals surface area contributed by atoms with Gasteiger partial charge in [0.15, 0.2) is 0 Å². The molecule has 21 heavy (non-hydrogen) atoms. The van der Waals surface area contributed by atoms with Gasteiger partial charge in [0.1, 0.15) is 0 Å². The van der Waals surface area contributed by atoms with Crippen LogP contribution in [-0.2, 0) is 4.79 Å². The molecule has 5 nitrogen and oxygen atoms in total. The van der Waals surface area contributed by atoms with Crippen molar-refractivity contribution >= 4 is 11.9 Å². The third-order valence-electron chi connectivity index (χ3n) is 3.56. The van der Waals surface area contributed by atoms with Gasteiger partial charge in [-0.15, -0.1) is 0 Å². The van der Waals surface area contributed by atoms with Gasteiger partial charge < -0.3 is 15.5 Å². The van der Waals surface area contributed by atoms with Crippen LogP contribution in [0.4, 0.5) is 4.79 Å². The zero-order valence-corrected chi connectivity index (χ0v) is 12.6. The predicted octanol–water partition coefficient (Wildman–Crippen LogP) is 2.18. The Morgan fingerprint density at radius 2 is 1.81 bits per heavy atom. The Kier molecular flexibility index (Phi) is 4.62. The Morgan fingerprint density at radius 3 is 2.48 bits per heavy atom. The lowest BCUT2D eigenvalue weighted by atomic mass is 9.91.